The number of nitrogens with one attached hydrogen (secondary N) is 1. The molecule has 2 nitrogen and oxygen atoms in total. The average molecular weight is 446 g/mol. The third-order valence-corrected chi connectivity index (χ3v) is 5.05. The summed E-state index contributed by atoms with van der Waals surface area (Å²) >= 11 is 9.77. The van der Waals surface area contributed by atoms with Crippen LogP contribution in [-0.2, 0) is 12.6 Å². The smallest absolute Gasteiger partial charge is 0.353 e. The average Bonchev–Trinajstić information content (AvgIpc) is 2.93. The Bertz CT molecular complexity index is 934. The van der Waals surface area contributed by atoms with Gasteiger partial charge in [0.25, 0.3) is 0 Å². The lowest BCUT2D eigenvalue weighted by atomic mass is 9.99. The van der Waals surface area contributed by atoms with Gasteiger partial charge < -0.3 is 10.7 Å². The van der Waals surface area contributed by atoms with Gasteiger partial charge in [-0.15, -0.1) is 0 Å². The van der Waals surface area contributed by atoms with Gasteiger partial charge in [-0.1, -0.05) is 39.7 Å². The number of hydrogen-bond donors (Lipinski definition) is 2. The van der Waals surface area contributed by atoms with Gasteiger partial charge in [0.2, 0.25) is 0 Å². The lowest BCUT2D eigenvalue weighted by Gasteiger charge is -2.10. The first-order chi connectivity index (χ1) is 12.3. The maximum atomic E-state index is 13.1. The Labute approximate surface area is 162 Å². The second-order valence-corrected chi connectivity index (χ2v) is 7.44. The monoisotopic (exact) mass is 444 g/mol. The highest BCUT2D eigenvalue weighted by molar-refractivity contribution is 9.10. The second kappa shape index (κ2) is 7.62. The molecule has 0 spiro atoms. The molecule has 0 aliphatic carbocycles. The van der Waals surface area contributed by atoms with Gasteiger partial charge in [0, 0.05) is 15.6 Å². The number of hydrogen-bond acceptors (Lipinski definition) is 1. The van der Waals surface area contributed by atoms with Crippen LogP contribution in [0.15, 0.2) is 40.9 Å². The van der Waals surface area contributed by atoms with Crippen molar-refractivity contribution in [2.75, 3.05) is 6.54 Å². The maximum absolute atomic E-state index is 13.1. The first kappa shape index (κ1) is 19.3. The lowest BCUT2D eigenvalue weighted by Crippen LogP contribution is -2.04. The summed E-state index contributed by atoms with van der Waals surface area (Å²) in [6.07, 6.45) is -1.99. The van der Waals surface area contributed by atoms with Gasteiger partial charge in [-0.05, 0) is 61.2 Å². The molecule has 0 amide bonds. The zero-order chi connectivity index (χ0) is 18.9. The first-order valence-corrected chi connectivity index (χ1v) is 9.35. The van der Waals surface area contributed by atoms with Crippen LogP contribution >= 0.6 is 27.5 Å². The number of aromatic nitrogens is 1. The van der Waals surface area contributed by atoms with Crippen LogP contribution in [0.5, 0.6) is 0 Å². The topological polar surface area (TPSA) is 41.8 Å². The van der Waals surface area contributed by atoms with Crippen molar-refractivity contribution in [3.05, 3.63) is 57.0 Å². The summed E-state index contributed by atoms with van der Waals surface area (Å²) in [7, 11) is 0. The minimum absolute atomic E-state index is 0.492. The Morgan fingerprint density at radius 1 is 1.12 bits per heavy atom. The van der Waals surface area contributed by atoms with Crippen molar-refractivity contribution in [1.82, 2.24) is 4.98 Å². The van der Waals surface area contributed by atoms with Crippen molar-refractivity contribution in [1.29, 1.82) is 0 Å². The van der Waals surface area contributed by atoms with Crippen molar-refractivity contribution in [2.45, 2.75) is 25.4 Å². The zero-order valence-electron chi connectivity index (χ0n) is 13.8. The van der Waals surface area contributed by atoms with E-state index in [4.69, 9.17) is 17.3 Å². The molecule has 3 aromatic rings. The molecule has 0 atom stereocenters. The van der Waals surface area contributed by atoms with Crippen molar-refractivity contribution in [3.63, 3.8) is 0 Å². The Morgan fingerprint density at radius 3 is 2.58 bits per heavy atom. The van der Waals surface area contributed by atoms with Gasteiger partial charge in [0.05, 0.1) is 16.1 Å². The number of fused-ring (bicyclic) bond motifs is 1. The summed E-state index contributed by atoms with van der Waals surface area (Å²) in [6, 6.07) is 9.04. The highest BCUT2D eigenvalue weighted by Crippen LogP contribution is 2.38. The molecular weight excluding hydrogens is 429 g/mol. The van der Waals surface area contributed by atoms with Crippen LogP contribution in [0.25, 0.3) is 22.2 Å². The molecule has 2 aromatic carbocycles. The van der Waals surface area contributed by atoms with E-state index in [0.29, 0.717) is 29.2 Å². The van der Waals surface area contributed by atoms with Crippen LogP contribution in [0.1, 0.15) is 24.0 Å². The van der Waals surface area contributed by atoms with Crippen LogP contribution in [0.2, 0.25) is 5.02 Å². The van der Waals surface area contributed by atoms with Gasteiger partial charge in [0.15, 0.2) is 0 Å². The molecular formula is C19H17BrClF3N2. The number of nitrogens with two attached hydrogens (primary N) is 1. The molecule has 0 saturated heterocycles. The van der Waals surface area contributed by atoms with Crippen LogP contribution in [0, 0.1) is 0 Å². The number of aromatic amines is 1. The molecule has 26 heavy (non-hydrogen) atoms. The van der Waals surface area contributed by atoms with E-state index < -0.39 is 11.7 Å². The van der Waals surface area contributed by atoms with E-state index in [1.54, 1.807) is 12.1 Å². The van der Waals surface area contributed by atoms with E-state index in [1.165, 1.54) is 12.1 Å². The molecule has 1 heterocycles. The van der Waals surface area contributed by atoms with E-state index in [2.05, 4.69) is 20.9 Å². The largest absolute Gasteiger partial charge is 0.416 e. The number of halogens is 5. The Morgan fingerprint density at radius 2 is 1.88 bits per heavy atom. The number of unbranched alkanes of at least 4 members (excludes halogenated alkanes) is 1. The van der Waals surface area contributed by atoms with Crippen molar-refractivity contribution in [2.24, 2.45) is 5.73 Å². The number of rotatable bonds is 5. The fraction of sp³-hybridized carbons (Fsp3) is 0.263. The summed E-state index contributed by atoms with van der Waals surface area (Å²) in [4.78, 5) is 3.23. The molecule has 1 aromatic heterocycles. The van der Waals surface area contributed by atoms with Crippen LogP contribution in [-0.4, -0.2) is 11.5 Å². The number of benzene rings is 2. The highest BCUT2D eigenvalue weighted by Gasteiger charge is 2.30. The molecule has 0 aliphatic rings. The lowest BCUT2D eigenvalue weighted by molar-refractivity contribution is -0.137. The molecule has 3 rings (SSSR count). The van der Waals surface area contributed by atoms with Gasteiger partial charge in [-0.2, -0.15) is 13.2 Å². The standard InChI is InChI=1S/C19H17BrClF3N2/c20-13-9-15-14(6-1-2-7-25)17(26-18(15)16(21)10-13)11-4-3-5-12(8-11)19(22,23)24/h3-5,8-10,26H,1-2,6-7,25H2. The number of alkyl halides is 3. The molecule has 0 fully saturated rings. The fourth-order valence-corrected chi connectivity index (χ4v) is 3.93. The van der Waals surface area contributed by atoms with Gasteiger partial charge in [-0.3, -0.25) is 0 Å². The van der Waals surface area contributed by atoms with Gasteiger partial charge in [-0.25, -0.2) is 0 Å². The van der Waals surface area contributed by atoms with Gasteiger partial charge >= 0.3 is 6.18 Å². The SMILES string of the molecule is NCCCCc1c(-c2cccc(C(F)(F)F)c2)[nH]c2c(Cl)cc(Br)cc12. The minimum atomic E-state index is -4.39. The maximum Gasteiger partial charge on any atom is 0.416 e. The molecule has 0 saturated carbocycles. The Hall–Kier alpha value is -1.50. The third kappa shape index (κ3) is 3.92. The summed E-state index contributed by atoms with van der Waals surface area (Å²) < 4.78 is 40.1. The van der Waals surface area contributed by atoms with Crippen LogP contribution < -0.4 is 5.73 Å². The van der Waals surface area contributed by atoms with E-state index >= 15 is 0 Å². The summed E-state index contributed by atoms with van der Waals surface area (Å²) in [5, 5.41) is 1.43. The first-order valence-electron chi connectivity index (χ1n) is 8.18. The van der Waals surface area contributed by atoms with Gasteiger partial charge in [0.1, 0.15) is 0 Å². The predicted octanol–water partition coefficient (Wildman–Crippen LogP) is 6.55. The zero-order valence-corrected chi connectivity index (χ0v) is 16.1. The van der Waals surface area contributed by atoms with Crippen molar-refractivity contribution in [3.8, 4) is 11.3 Å². The molecule has 0 aliphatic heterocycles. The fourth-order valence-electron chi connectivity index (χ4n) is 3.08. The summed E-state index contributed by atoms with van der Waals surface area (Å²) in [6.45, 7) is 0.575. The molecule has 138 valence electrons. The Balaban J connectivity index is 2.18. The van der Waals surface area contributed by atoms with E-state index in [9.17, 15) is 13.2 Å². The highest BCUT2D eigenvalue weighted by atomic mass is 79.9. The molecule has 7 heteroatoms. The van der Waals surface area contributed by atoms with Crippen LogP contribution in [0.3, 0.4) is 0 Å². The molecule has 0 bridgehead atoms. The molecule has 0 radical (unpaired) electrons. The third-order valence-electron chi connectivity index (χ3n) is 4.29. The van der Waals surface area contributed by atoms with Crippen molar-refractivity contribution >= 4 is 38.4 Å². The number of H-pyrrole nitrogens is 1. The van der Waals surface area contributed by atoms with E-state index in [1.807, 2.05) is 6.07 Å². The molecule has 3 N–H and O–H groups in total. The van der Waals surface area contributed by atoms with Crippen molar-refractivity contribution < 1.29 is 13.2 Å². The van der Waals surface area contributed by atoms with E-state index in [-0.39, 0.29) is 0 Å². The number of aryl methyl sites for hydroxylation is 1. The summed E-state index contributed by atoms with van der Waals surface area (Å²) in [5.41, 5.74) is 7.75. The van der Waals surface area contributed by atoms with Crippen LogP contribution in [0.4, 0.5) is 13.2 Å². The second-order valence-electron chi connectivity index (χ2n) is 6.11. The Kier molecular flexibility index (Phi) is 5.65. The normalized spacial score (nSPS) is 12.1. The quantitative estimate of drug-likeness (QED) is 0.430. The van der Waals surface area contributed by atoms with E-state index in [0.717, 1.165) is 39.8 Å². The molecule has 0 unspecified atom stereocenters. The predicted molar refractivity (Wildman–Crippen MR) is 103 cm³/mol. The summed E-state index contributed by atoms with van der Waals surface area (Å²) in [5.74, 6) is 0. The minimum Gasteiger partial charge on any atom is -0.353 e.